The van der Waals surface area contributed by atoms with Crippen LogP contribution in [-0.4, -0.2) is 33.8 Å². The van der Waals surface area contributed by atoms with Crippen LogP contribution in [0.5, 0.6) is 0 Å². The summed E-state index contributed by atoms with van der Waals surface area (Å²) in [7, 11) is 0. The Bertz CT molecular complexity index is 968. The number of anilines is 2. The van der Waals surface area contributed by atoms with Gasteiger partial charge in [0.15, 0.2) is 0 Å². The maximum Gasteiger partial charge on any atom is 0.227 e. The summed E-state index contributed by atoms with van der Waals surface area (Å²) in [5, 5.41) is 8.64. The zero-order valence-electron chi connectivity index (χ0n) is 16.7. The van der Waals surface area contributed by atoms with Crippen LogP contribution >= 0.6 is 0 Å². The predicted molar refractivity (Wildman–Crippen MR) is 113 cm³/mol. The van der Waals surface area contributed by atoms with Gasteiger partial charge in [-0.2, -0.15) is 5.10 Å². The third-order valence-electron chi connectivity index (χ3n) is 5.44. The van der Waals surface area contributed by atoms with Crippen LogP contribution in [0.3, 0.4) is 0 Å². The minimum atomic E-state index is 0.0346. The first-order chi connectivity index (χ1) is 13.5. The van der Waals surface area contributed by atoms with E-state index in [0.717, 1.165) is 53.9 Å². The number of carbonyl (C=O) groups is 1. The molecule has 6 nitrogen and oxygen atoms in total. The molecule has 0 aliphatic carbocycles. The molecule has 6 heteroatoms. The number of aromatic nitrogens is 3. The number of hydrogen-bond acceptors (Lipinski definition) is 4. The van der Waals surface area contributed by atoms with Gasteiger partial charge in [-0.3, -0.25) is 9.48 Å². The monoisotopic (exact) mass is 377 g/mol. The number of hydrogen-bond donors (Lipinski definition) is 1. The second kappa shape index (κ2) is 7.62. The number of fused-ring (bicyclic) bond motifs is 1. The van der Waals surface area contributed by atoms with Crippen molar-refractivity contribution in [2.45, 2.75) is 39.7 Å². The summed E-state index contributed by atoms with van der Waals surface area (Å²) in [6.07, 6.45) is 5.45. The molecule has 1 aliphatic rings. The molecule has 3 heterocycles. The van der Waals surface area contributed by atoms with Crippen molar-refractivity contribution < 1.29 is 4.79 Å². The number of amides is 1. The highest BCUT2D eigenvalue weighted by Gasteiger charge is 2.25. The summed E-state index contributed by atoms with van der Waals surface area (Å²) in [6.45, 7) is 7.96. The lowest BCUT2D eigenvalue weighted by molar-refractivity contribution is -0.120. The SMILES string of the molecule is Cc1ccc(N2CCC(C(=O)Nc3ccc4cnn(C(C)C)c4c3)CC2)nc1. The molecule has 0 spiro atoms. The van der Waals surface area contributed by atoms with Crippen molar-refractivity contribution in [2.75, 3.05) is 23.3 Å². The highest BCUT2D eigenvalue weighted by Crippen LogP contribution is 2.25. The molecule has 0 saturated carbocycles. The number of carbonyl (C=O) groups excluding carboxylic acids is 1. The number of rotatable bonds is 4. The molecule has 0 atom stereocenters. The topological polar surface area (TPSA) is 63.1 Å². The fourth-order valence-electron chi connectivity index (χ4n) is 3.79. The summed E-state index contributed by atoms with van der Waals surface area (Å²) in [6, 6.07) is 10.4. The molecule has 0 bridgehead atoms. The van der Waals surface area contributed by atoms with Gasteiger partial charge in [0.05, 0.1) is 11.7 Å². The Morgan fingerprint density at radius 1 is 1.14 bits per heavy atom. The molecule has 0 radical (unpaired) electrons. The quantitative estimate of drug-likeness (QED) is 0.741. The molecule has 1 fully saturated rings. The molecular weight excluding hydrogens is 350 g/mol. The second-order valence-electron chi connectivity index (χ2n) is 7.90. The molecule has 1 saturated heterocycles. The van der Waals surface area contributed by atoms with E-state index in [1.54, 1.807) is 0 Å². The van der Waals surface area contributed by atoms with Crippen LogP contribution in [0.15, 0.2) is 42.7 Å². The maximum atomic E-state index is 12.8. The number of nitrogens with zero attached hydrogens (tertiary/aromatic N) is 4. The smallest absolute Gasteiger partial charge is 0.227 e. The molecule has 1 amide bonds. The molecule has 2 aromatic heterocycles. The van der Waals surface area contributed by atoms with Crippen molar-refractivity contribution in [3.8, 4) is 0 Å². The second-order valence-corrected chi connectivity index (χ2v) is 7.90. The van der Waals surface area contributed by atoms with Crippen molar-refractivity contribution in [1.82, 2.24) is 14.8 Å². The average molecular weight is 377 g/mol. The van der Waals surface area contributed by atoms with E-state index in [1.807, 2.05) is 42.2 Å². The van der Waals surface area contributed by atoms with E-state index >= 15 is 0 Å². The van der Waals surface area contributed by atoms with Crippen LogP contribution < -0.4 is 10.2 Å². The van der Waals surface area contributed by atoms with Crippen molar-refractivity contribution >= 4 is 28.3 Å². The summed E-state index contributed by atoms with van der Waals surface area (Å²) < 4.78 is 1.98. The highest BCUT2D eigenvalue weighted by molar-refractivity contribution is 5.95. The standard InChI is InChI=1S/C22H27N5O/c1-15(2)27-20-12-19(6-5-18(20)14-24-27)25-22(28)17-8-10-26(11-9-17)21-7-4-16(3)13-23-21/h4-7,12-15,17H,8-11H2,1-3H3,(H,25,28). The zero-order valence-corrected chi connectivity index (χ0v) is 16.7. The van der Waals surface area contributed by atoms with Gasteiger partial charge in [-0.25, -0.2) is 4.98 Å². The van der Waals surface area contributed by atoms with Gasteiger partial charge in [0.1, 0.15) is 5.82 Å². The van der Waals surface area contributed by atoms with Crippen molar-refractivity contribution in [2.24, 2.45) is 5.92 Å². The third kappa shape index (κ3) is 3.72. The first-order valence-electron chi connectivity index (χ1n) is 9.97. The van der Waals surface area contributed by atoms with E-state index in [0.29, 0.717) is 0 Å². The van der Waals surface area contributed by atoms with Crippen LogP contribution in [0.25, 0.3) is 10.9 Å². The van der Waals surface area contributed by atoms with Crippen molar-refractivity contribution in [1.29, 1.82) is 0 Å². The molecule has 1 aliphatic heterocycles. The number of pyridine rings is 1. The molecule has 1 aromatic carbocycles. The van der Waals surface area contributed by atoms with E-state index in [9.17, 15) is 4.79 Å². The first kappa shape index (κ1) is 18.5. The Kier molecular flexibility index (Phi) is 5.03. The molecule has 4 rings (SSSR count). The molecule has 0 unspecified atom stereocenters. The highest BCUT2D eigenvalue weighted by atomic mass is 16.1. The fraction of sp³-hybridized carbons (Fsp3) is 0.409. The Morgan fingerprint density at radius 3 is 2.61 bits per heavy atom. The average Bonchev–Trinajstić information content (AvgIpc) is 3.12. The van der Waals surface area contributed by atoms with E-state index in [2.05, 4.69) is 46.3 Å². The molecule has 3 aromatic rings. The van der Waals surface area contributed by atoms with Gasteiger partial charge in [-0.15, -0.1) is 0 Å². The number of aryl methyl sites for hydroxylation is 1. The van der Waals surface area contributed by atoms with E-state index in [4.69, 9.17) is 0 Å². The van der Waals surface area contributed by atoms with E-state index in [1.165, 1.54) is 0 Å². The minimum absolute atomic E-state index is 0.0346. The molecule has 28 heavy (non-hydrogen) atoms. The lowest BCUT2D eigenvalue weighted by Gasteiger charge is -2.32. The third-order valence-corrected chi connectivity index (χ3v) is 5.44. The summed E-state index contributed by atoms with van der Waals surface area (Å²) in [4.78, 5) is 19.5. The van der Waals surface area contributed by atoms with Crippen LogP contribution in [0.1, 0.15) is 38.3 Å². The van der Waals surface area contributed by atoms with Gasteiger partial charge >= 0.3 is 0 Å². The number of nitrogens with one attached hydrogen (secondary N) is 1. The fourth-order valence-corrected chi connectivity index (χ4v) is 3.79. The van der Waals surface area contributed by atoms with Gasteiger partial charge in [0.2, 0.25) is 5.91 Å². The van der Waals surface area contributed by atoms with Gasteiger partial charge in [0.25, 0.3) is 0 Å². The van der Waals surface area contributed by atoms with Gasteiger partial charge in [-0.1, -0.05) is 6.07 Å². The largest absolute Gasteiger partial charge is 0.357 e. The molecule has 1 N–H and O–H groups in total. The summed E-state index contributed by atoms with van der Waals surface area (Å²) in [5.74, 6) is 1.13. The van der Waals surface area contributed by atoms with E-state index < -0.39 is 0 Å². The molecule has 146 valence electrons. The van der Waals surface area contributed by atoms with Crippen LogP contribution in [-0.2, 0) is 4.79 Å². The maximum absolute atomic E-state index is 12.8. The Balaban J connectivity index is 1.40. The van der Waals surface area contributed by atoms with Gasteiger partial charge in [-0.05, 0) is 63.4 Å². The summed E-state index contributed by atoms with van der Waals surface area (Å²) >= 11 is 0. The van der Waals surface area contributed by atoms with Crippen molar-refractivity contribution in [3.63, 3.8) is 0 Å². The Morgan fingerprint density at radius 2 is 1.93 bits per heavy atom. The lowest BCUT2D eigenvalue weighted by Crippen LogP contribution is -2.38. The Hall–Kier alpha value is -2.89. The minimum Gasteiger partial charge on any atom is -0.357 e. The predicted octanol–water partition coefficient (Wildman–Crippen LogP) is 4.18. The first-order valence-corrected chi connectivity index (χ1v) is 9.97. The lowest BCUT2D eigenvalue weighted by atomic mass is 9.95. The molecular formula is C22H27N5O. The summed E-state index contributed by atoms with van der Waals surface area (Å²) in [5.41, 5.74) is 3.05. The van der Waals surface area contributed by atoms with Gasteiger partial charge in [0, 0.05) is 42.3 Å². The van der Waals surface area contributed by atoms with Crippen LogP contribution in [0.2, 0.25) is 0 Å². The van der Waals surface area contributed by atoms with Gasteiger partial charge < -0.3 is 10.2 Å². The van der Waals surface area contributed by atoms with Crippen LogP contribution in [0.4, 0.5) is 11.5 Å². The zero-order chi connectivity index (χ0) is 19.7. The number of benzene rings is 1. The normalized spacial score (nSPS) is 15.4. The number of piperidine rings is 1. The van der Waals surface area contributed by atoms with E-state index in [-0.39, 0.29) is 17.9 Å². The Labute approximate surface area is 165 Å². The van der Waals surface area contributed by atoms with Crippen molar-refractivity contribution in [3.05, 3.63) is 48.3 Å². The van der Waals surface area contributed by atoms with Crippen LogP contribution in [0, 0.1) is 12.8 Å².